The number of hydrogen-bond acceptors (Lipinski definition) is 2. The van der Waals surface area contributed by atoms with E-state index in [1.807, 2.05) is 25.1 Å². The molecule has 3 atom stereocenters. The molecule has 3 unspecified atom stereocenters. The Bertz CT molecular complexity index is 284. The van der Waals surface area contributed by atoms with Gasteiger partial charge in [0, 0.05) is 17.8 Å². The van der Waals surface area contributed by atoms with Crippen molar-refractivity contribution >= 4 is 0 Å². The van der Waals surface area contributed by atoms with Crippen LogP contribution in [-0.2, 0) is 0 Å². The SMILES string of the molecule is CC(C)C(C)C(O)C(C)c1ccccn1. The average Bonchev–Trinajstić information content (AvgIpc) is 2.27. The first-order chi connectivity index (χ1) is 7.04. The largest absolute Gasteiger partial charge is 0.392 e. The molecule has 2 heteroatoms. The van der Waals surface area contributed by atoms with Crippen molar-refractivity contribution < 1.29 is 5.11 Å². The summed E-state index contributed by atoms with van der Waals surface area (Å²) in [4.78, 5) is 4.28. The van der Waals surface area contributed by atoms with E-state index in [9.17, 15) is 5.11 Å². The number of rotatable bonds is 4. The van der Waals surface area contributed by atoms with Crippen LogP contribution in [0.3, 0.4) is 0 Å². The number of nitrogens with zero attached hydrogens (tertiary/aromatic N) is 1. The van der Waals surface area contributed by atoms with Crippen LogP contribution < -0.4 is 0 Å². The van der Waals surface area contributed by atoms with E-state index in [4.69, 9.17) is 0 Å². The Morgan fingerprint density at radius 2 is 1.80 bits per heavy atom. The van der Waals surface area contributed by atoms with E-state index in [0.717, 1.165) is 5.69 Å². The second kappa shape index (κ2) is 5.26. The smallest absolute Gasteiger partial charge is 0.0649 e. The minimum Gasteiger partial charge on any atom is -0.392 e. The van der Waals surface area contributed by atoms with Gasteiger partial charge in [0.15, 0.2) is 0 Å². The molecule has 0 aliphatic heterocycles. The Labute approximate surface area is 92.4 Å². The van der Waals surface area contributed by atoms with E-state index in [2.05, 4.69) is 25.8 Å². The highest BCUT2D eigenvalue weighted by Crippen LogP contribution is 2.26. The highest BCUT2D eigenvalue weighted by molar-refractivity contribution is 5.10. The quantitative estimate of drug-likeness (QED) is 0.823. The molecule has 1 N–H and O–H groups in total. The topological polar surface area (TPSA) is 33.1 Å². The summed E-state index contributed by atoms with van der Waals surface area (Å²) in [5, 5.41) is 10.2. The van der Waals surface area contributed by atoms with Crippen LogP contribution >= 0.6 is 0 Å². The lowest BCUT2D eigenvalue weighted by atomic mass is 9.84. The van der Waals surface area contributed by atoms with Crippen LogP contribution in [0.5, 0.6) is 0 Å². The third-order valence-corrected chi connectivity index (χ3v) is 3.26. The van der Waals surface area contributed by atoms with Crippen LogP contribution in [0.15, 0.2) is 24.4 Å². The first-order valence-electron chi connectivity index (χ1n) is 5.63. The van der Waals surface area contributed by atoms with Crippen molar-refractivity contribution in [1.29, 1.82) is 0 Å². The molecule has 0 aromatic carbocycles. The molecule has 84 valence electrons. The second-order valence-electron chi connectivity index (χ2n) is 4.64. The third kappa shape index (κ3) is 3.03. The minimum atomic E-state index is -0.320. The lowest BCUT2D eigenvalue weighted by Crippen LogP contribution is -2.28. The van der Waals surface area contributed by atoms with Crippen molar-refractivity contribution in [2.75, 3.05) is 0 Å². The second-order valence-corrected chi connectivity index (χ2v) is 4.64. The standard InChI is InChI=1S/C13H21NO/c1-9(2)10(3)13(15)11(4)12-7-5-6-8-14-12/h5-11,13,15H,1-4H3. The number of aliphatic hydroxyl groups is 1. The Morgan fingerprint density at radius 1 is 1.13 bits per heavy atom. The fourth-order valence-electron chi connectivity index (χ4n) is 1.67. The normalized spacial score (nSPS) is 17.5. The number of aromatic nitrogens is 1. The van der Waals surface area contributed by atoms with Crippen LogP contribution in [-0.4, -0.2) is 16.2 Å². The van der Waals surface area contributed by atoms with Gasteiger partial charge in [-0.25, -0.2) is 0 Å². The molecule has 15 heavy (non-hydrogen) atoms. The maximum Gasteiger partial charge on any atom is 0.0649 e. The summed E-state index contributed by atoms with van der Waals surface area (Å²) in [6.07, 6.45) is 1.46. The Kier molecular flexibility index (Phi) is 4.28. The molecule has 0 aliphatic carbocycles. The Balaban J connectivity index is 2.73. The minimum absolute atomic E-state index is 0.101. The maximum absolute atomic E-state index is 10.2. The molecule has 0 fully saturated rings. The van der Waals surface area contributed by atoms with Gasteiger partial charge in [0.2, 0.25) is 0 Å². The molecule has 0 bridgehead atoms. The fourth-order valence-corrected chi connectivity index (χ4v) is 1.67. The molecular weight excluding hydrogens is 186 g/mol. The molecule has 2 nitrogen and oxygen atoms in total. The van der Waals surface area contributed by atoms with Gasteiger partial charge in [0.05, 0.1) is 6.10 Å². The molecule has 0 aliphatic rings. The molecule has 1 rings (SSSR count). The van der Waals surface area contributed by atoms with E-state index in [1.165, 1.54) is 0 Å². The van der Waals surface area contributed by atoms with Crippen molar-refractivity contribution in [3.63, 3.8) is 0 Å². The molecule has 1 aromatic heterocycles. The van der Waals surface area contributed by atoms with Crippen molar-refractivity contribution in [3.05, 3.63) is 30.1 Å². The number of hydrogen-bond donors (Lipinski definition) is 1. The highest BCUT2D eigenvalue weighted by Gasteiger charge is 2.25. The zero-order valence-corrected chi connectivity index (χ0v) is 10.0. The van der Waals surface area contributed by atoms with Gasteiger partial charge in [-0.2, -0.15) is 0 Å². The van der Waals surface area contributed by atoms with Crippen molar-refractivity contribution in [2.24, 2.45) is 11.8 Å². The van der Waals surface area contributed by atoms with Crippen LogP contribution in [0.1, 0.15) is 39.3 Å². The van der Waals surface area contributed by atoms with Gasteiger partial charge in [0.25, 0.3) is 0 Å². The summed E-state index contributed by atoms with van der Waals surface area (Å²) in [6.45, 7) is 8.40. The lowest BCUT2D eigenvalue weighted by Gasteiger charge is -2.27. The first-order valence-corrected chi connectivity index (χ1v) is 5.63. The molecular formula is C13H21NO. The zero-order chi connectivity index (χ0) is 11.4. The van der Waals surface area contributed by atoms with E-state index < -0.39 is 0 Å². The average molecular weight is 207 g/mol. The Hall–Kier alpha value is -0.890. The predicted molar refractivity (Wildman–Crippen MR) is 62.7 cm³/mol. The molecule has 0 saturated carbocycles. The number of aliphatic hydroxyl groups excluding tert-OH is 1. The van der Waals surface area contributed by atoms with Crippen molar-refractivity contribution in [1.82, 2.24) is 4.98 Å². The summed E-state index contributed by atoms with van der Waals surface area (Å²) in [6, 6.07) is 5.83. The van der Waals surface area contributed by atoms with Gasteiger partial charge in [-0.15, -0.1) is 0 Å². The van der Waals surface area contributed by atoms with Gasteiger partial charge in [-0.05, 0) is 24.0 Å². The van der Waals surface area contributed by atoms with E-state index in [0.29, 0.717) is 11.8 Å². The van der Waals surface area contributed by atoms with Crippen LogP contribution in [0.25, 0.3) is 0 Å². The monoisotopic (exact) mass is 207 g/mol. The summed E-state index contributed by atoms with van der Waals surface area (Å²) < 4.78 is 0. The van der Waals surface area contributed by atoms with Crippen molar-refractivity contribution in [3.8, 4) is 0 Å². The highest BCUT2D eigenvalue weighted by atomic mass is 16.3. The molecule has 0 saturated heterocycles. The van der Waals surface area contributed by atoms with Gasteiger partial charge in [-0.1, -0.05) is 33.8 Å². The predicted octanol–water partition coefficient (Wildman–Crippen LogP) is 2.84. The number of pyridine rings is 1. The first kappa shape index (κ1) is 12.2. The van der Waals surface area contributed by atoms with Crippen molar-refractivity contribution in [2.45, 2.75) is 39.7 Å². The molecule has 0 radical (unpaired) electrons. The van der Waals surface area contributed by atoms with Crippen LogP contribution in [0, 0.1) is 11.8 Å². The van der Waals surface area contributed by atoms with E-state index in [1.54, 1.807) is 6.20 Å². The summed E-state index contributed by atoms with van der Waals surface area (Å²) >= 11 is 0. The van der Waals surface area contributed by atoms with Gasteiger partial charge >= 0.3 is 0 Å². The van der Waals surface area contributed by atoms with Gasteiger partial charge in [0.1, 0.15) is 0 Å². The summed E-state index contributed by atoms with van der Waals surface area (Å²) in [7, 11) is 0. The molecule has 0 amide bonds. The van der Waals surface area contributed by atoms with E-state index >= 15 is 0 Å². The molecule has 1 aromatic rings. The fraction of sp³-hybridized carbons (Fsp3) is 0.615. The summed E-state index contributed by atoms with van der Waals surface area (Å²) in [5.41, 5.74) is 0.970. The van der Waals surface area contributed by atoms with Gasteiger partial charge < -0.3 is 5.11 Å². The summed E-state index contributed by atoms with van der Waals surface area (Å²) in [5.74, 6) is 0.886. The van der Waals surface area contributed by atoms with E-state index in [-0.39, 0.29) is 12.0 Å². The maximum atomic E-state index is 10.2. The van der Waals surface area contributed by atoms with Gasteiger partial charge in [-0.3, -0.25) is 4.98 Å². The van der Waals surface area contributed by atoms with Crippen LogP contribution in [0.2, 0.25) is 0 Å². The Morgan fingerprint density at radius 3 is 2.27 bits per heavy atom. The molecule has 1 heterocycles. The third-order valence-electron chi connectivity index (χ3n) is 3.26. The zero-order valence-electron chi connectivity index (χ0n) is 10.0. The lowest BCUT2D eigenvalue weighted by molar-refractivity contribution is 0.0701. The van der Waals surface area contributed by atoms with Crippen LogP contribution in [0.4, 0.5) is 0 Å². The molecule has 0 spiro atoms.